The van der Waals surface area contributed by atoms with Gasteiger partial charge in [-0.05, 0) is 19.3 Å². The van der Waals surface area contributed by atoms with Gasteiger partial charge < -0.3 is 1.43 Å². The molecule has 0 radical (unpaired) electrons. The summed E-state index contributed by atoms with van der Waals surface area (Å²) in [5.41, 5.74) is -1.87. The molecule has 0 heterocycles. The van der Waals surface area contributed by atoms with Crippen molar-refractivity contribution in [3.63, 3.8) is 0 Å². The summed E-state index contributed by atoms with van der Waals surface area (Å²) in [7, 11) is -4.05. The molecule has 0 spiro atoms. The van der Waals surface area contributed by atoms with Crippen molar-refractivity contribution in [3.8, 4) is 0 Å². The molecule has 0 saturated heterocycles. The number of alkyl halides is 1. The molecule has 3 nitrogen and oxygen atoms in total. The normalized spacial score (nSPS) is 12.6. The molecule has 0 fully saturated rings. The van der Waals surface area contributed by atoms with Crippen molar-refractivity contribution < 1.29 is 37.3 Å². The number of unbranched alkanes of at least 4 members (excludes halogenated alkanes) is 21. The van der Waals surface area contributed by atoms with Crippen LogP contribution in [0.25, 0.3) is 0 Å². The second kappa shape index (κ2) is 28.0. The maximum Gasteiger partial charge on any atom is 1.00 e. The molecule has 0 bridgehead atoms. The molecule has 0 N–H and O–H groups in total. The van der Waals surface area contributed by atoms with E-state index in [-0.39, 0.29) is 33.3 Å². The molecule has 0 rings (SSSR count). The van der Waals surface area contributed by atoms with Gasteiger partial charge in [-0.25, -0.2) is 4.39 Å². The average molecular weight is 501 g/mol. The van der Waals surface area contributed by atoms with Crippen molar-refractivity contribution >= 4 is 10.1 Å². The van der Waals surface area contributed by atoms with E-state index in [1.165, 1.54) is 103 Å². The van der Waals surface area contributed by atoms with Gasteiger partial charge in [0.15, 0.2) is 0 Å². The van der Waals surface area contributed by atoms with Crippen LogP contribution in [0.5, 0.6) is 0 Å². The maximum atomic E-state index is 14.0. The minimum Gasteiger partial charge on any atom is -1.00 e. The monoisotopic (exact) mass is 500 g/mol. The van der Waals surface area contributed by atoms with E-state index in [1.54, 1.807) is 0 Å². The van der Waals surface area contributed by atoms with Crippen molar-refractivity contribution in [2.24, 2.45) is 0 Å². The zero-order valence-corrected chi connectivity index (χ0v) is 24.1. The predicted octanol–water partition coefficient (Wildman–Crippen LogP) is 7.15. The van der Waals surface area contributed by atoms with Gasteiger partial charge in [-0.2, -0.15) is 8.42 Å². The average Bonchev–Trinajstić information content (AvgIpc) is 2.80. The van der Waals surface area contributed by atoms with Gasteiger partial charge in [-0.15, -0.1) is 0 Å². The summed E-state index contributed by atoms with van der Waals surface area (Å²) in [6, 6.07) is 0. The first-order chi connectivity index (χ1) is 16.0. The minimum atomic E-state index is -4.05. The fraction of sp³-hybridized carbons (Fsp3) is 1.00. The van der Waals surface area contributed by atoms with E-state index in [4.69, 9.17) is 4.18 Å². The SMILES string of the molecule is CCCCCCCCCCCCCCCCCCOS(=O)(=O)C(F)CCCCCCCCC.[H-].[Li+]. The van der Waals surface area contributed by atoms with Gasteiger partial charge in [0.05, 0.1) is 6.61 Å². The van der Waals surface area contributed by atoms with E-state index in [2.05, 4.69) is 13.8 Å². The van der Waals surface area contributed by atoms with Crippen LogP contribution in [0.2, 0.25) is 0 Å². The Morgan fingerprint density at radius 1 is 0.559 bits per heavy atom. The zero-order valence-electron chi connectivity index (χ0n) is 24.3. The maximum absolute atomic E-state index is 14.0. The van der Waals surface area contributed by atoms with Crippen LogP contribution in [0, 0.1) is 0 Å². The van der Waals surface area contributed by atoms with Crippen LogP contribution in [-0.4, -0.2) is 20.5 Å². The largest absolute Gasteiger partial charge is 1.00 e. The Bertz CT molecular complexity index is 495. The van der Waals surface area contributed by atoms with Crippen LogP contribution in [0.15, 0.2) is 0 Å². The third-order valence-electron chi connectivity index (χ3n) is 6.59. The fourth-order valence-corrected chi connectivity index (χ4v) is 5.26. The summed E-state index contributed by atoms with van der Waals surface area (Å²) >= 11 is 0. The number of hydrogen-bond acceptors (Lipinski definition) is 3. The molecule has 202 valence electrons. The van der Waals surface area contributed by atoms with Crippen LogP contribution in [-0.2, 0) is 14.3 Å². The molecular weight excluding hydrogens is 442 g/mol. The van der Waals surface area contributed by atoms with Crippen molar-refractivity contribution in [1.29, 1.82) is 0 Å². The van der Waals surface area contributed by atoms with Gasteiger partial charge in [0, 0.05) is 0 Å². The summed E-state index contributed by atoms with van der Waals surface area (Å²) in [5.74, 6) is 0. The minimum absolute atomic E-state index is 0. The molecule has 0 amide bonds. The molecule has 0 saturated carbocycles. The Balaban J connectivity index is -0.00000512. The molecule has 1 atom stereocenters. The molecule has 0 aliphatic heterocycles. The van der Waals surface area contributed by atoms with Gasteiger partial charge in [0.1, 0.15) is 0 Å². The Hall–Kier alpha value is 0.437. The van der Waals surface area contributed by atoms with Crippen LogP contribution in [0.1, 0.15) is 169 Å². The van der Waals surface area contributed by atoms with E-state index in [0.717, 1.165) is 32.1 Å². The Morgan fingerprint density at radius 3 is 1.21 bits per heavy atom. The second-order valence-corrected chi connectivity index (χ2v) is 11.7. The molecule has 0 aromatic carbocycles. The Morgan fingerprint density at radius 2 is 0.853 bits per heavy atom. The number of halogens is 1. The number of rotatable bonds is 27. The summed E-state index contributed by atoms with van der Waals surface area (Å²) < 4.78 is 42.7. The molecular formula is C28H58FLiO3S. The van der Waals surface area contributed by atoms with E-state index in [9.17, 15) is 12.8 Å². The van der Waals surface area contributed by atoms with Crippen LogP contribution in [0.4, 0.5) is 4.39 Å². The standard InChI is InChI=1S/C28H57FO3S.Li.H/c1-3-5-7-9-11-12-13-14-15-16-17-18-19-21-23-25-27-32-33(30,31)28(29)26-24-22-20-10-8-6-4-2;;/h28H,3-27H2,1-2H3;;/q;+1;-1. The van der Waals surface area contributed by atoms with Gasteiger partial charge in [-0.1, -0.05) is 149 Å². The van der Waals surface area contributed by atoms with Crippen LogP contribution >= 0.6 is 0 Å². The van der Waals surface area contributed by atoms with Gasteiger partial charge in [0.2, 0.25) is 5.50 Å². The molecule has 34 heavy (non-hydrogen) atoms. The third-order valence-corrected chi connectivity index (χ3v) is 7.95. The predicted molar refractivity (Wildman–Crippen MR) is 143 cm³/mol. The van der Waals surface area contributed by atoms with Crippen molar-refractivity contribution in [1.82, 2.24) is 0 Å². The molecule has 0 aliphatic carbocycles. The quantitative estimate of drug-likeness (QED) is 0.0683. The summed E-state index contributed by atoms with van der Waals surface area (Å²) in [4.78, 5) is 0. The Labute approximate surface area is 226 Å². The first-order valence-electron chi connectivity index (χ1n) is 14.6. The molecule has 1 unspecified atom stereocenters. The van der Waals surface area contributed by atoms with Gasteiger partial charge in [-0.3, -0.25) is 4.18 Å². The van der Waals surface area contributed by atoms with Gasteiger partial charge in [0.25, 0.3) is 10.1 Å². The zero-order chi connectivity index (χ0) is 24.5. The molecule has 0 aromatic heterocycles. The smallest absolute Gasteiger partial charge is 1.00 e. The van der Waals surface area contributed by atoms with E-state index in [0.29, 0.717) is 12.8 Å². The first kappa shape index (κ1) is 36.6. The van der Waals surface area contributed by atoms with Gasteiger partial charge >= 0.3 is 18.9 Å². The van der Waals surface area contributed by atoms with Crippen molar-refractivity contribution in [2.45, 2.75) is 173 Å². The van der Waals surface area contributed by atoms with E-state index in [1.807, 2.05) is 0 Å². The van der Waals surface area contributed by atoms with Crippen LogP contribution in [0.3, 0.4) is 0 Å². The molecule has 0 aliphatic rings. The Kier molecular flexibility index (Phi) is 30.2. The van der Waals surface area contributed by atoms with Crippen LogP contribution < -0.4 is 18.9 Å². The topological polar surface area (TPSA) is 43.4 Å². The third kappa shape index (κ3) is 25.5. The molecule has 0 aromatic rings. The summed E-state index contributed by atoms with van der Waals surface area (Å²) in [6.07, 6.45) is 27.9. The summed E-state index contributed by atoms with van der Waals surface area (Å²) in [5, 5.41) is 0. The van der Waals surface area contributed by atoms with E-state index < -0.39 is 15.6 Å². The van der Waals surface area contributed by atoms with Crippen molar-refractivity contribution in [2.75, 3.05) is 6.61 Å². The molecule has 6 heteroatoms. The summed E-state index contributed by atoms with van der Waals surface area (Å²) in [6.45, 7) is 4.57. The van der Waals surface area contributed by atoms with Crippen molar-refractivity contribution in [3.05, 3.63) is 0 Å². The number of hydrogen-bond donors (Lipinski definition) is 0. The fourth-order valence-electron chi connectivity index (χ4n) is 4.31. The second-order valence-electron chi connectivity index (χ2n) is 9.94. The first-order valence-corrected chi connectivity index (χ1v) is 16.0. The van der Waals surface area contributed by atoms with E-state index >= 15 is 0 Å².